The molecule has 0 saturated carbocycles. The topological polar surface area (TPSA) is 44.2 Å². The number of aryl methyl sites for hydroxylation is 2. The Morgan fingerprint density at radius 1 is 1.24 bits per heavy atom. The fourth-order valence-corrected chi connectivity index (χ4v) is 6.07. The van der Waals surface area contributed by atoms with Gasteiger partial charge in [0.05, 0.1) is 6.61 Å². The van der Waals surface area contributed by atoms with Gasteiger partial charge in [-0.25, -0.2) is 9.97 Å². The summed E-state index contributed by atoms with van der Waals surface area (Å²) in [5.74, 6) is 1.67. The maximum atomic E-state index is 6.27. The summed E-state index contributed by atoms with van der Waals surface area (Å²) in [6.07, 6.45) is 5.24. The van der Waals surface area contributed by atoms with Crippen LogP contribution in [0.4, 0.5) is 0 Å². The Morgan fingerprint density at radius 2 is 2.20 bits per heavy atom. The van der Waals surface area contributed by atoms with Gasteiger partial charge in [-0.3, -0.25) is 0 Å². The van der Waals surface area contributed by atoms with Crippen molar-refractivity contribution >= 4 is 44.9 Å². The number of fused-ring (bicyclic) bond motifs is 4. The highest BCUT2D eigenvalue weighted by Crippen LogP contribution is 2.42. The normalized spacial score (nSPS) is 15.9. The van der Waals surface area contributed by atoms with Crippen molar-refractivity contribution in [3.8, 4) is 5.75 Å². The average molecular weight is 391 g/mol. The molecule has 5 rings (SSSR count). The zero-order chi connectivity index (χ0) is 16.8. The molecule has 4 nitrogen and oxygen atoms in total. The van der Waals surface area contributed by atoms with Gasteiger partial charge in [-0.1, -0.05) is 11.6 Å². The fraction of sp³-hybridized carbons (Fsp3) is 0.333. The lowest BCUT2D eigenvalue weighted by Gasteiger charge is -2.21. The van der Waals surface area contributed by atoms with Gasteiger partial charge < -0.3 is 9.47 Å². The van der Waals surface area contributed by atoms with E-state index < -0.39 is 0 Å². The summed E-state index contributed by atoms with van der Waals surface area (Å²) < 4.78 is 11.1. The van der Waals surface area contributed by atoms with E-state index in [0.29, 0.717) is 18.4 Å². The lowest BCUT2D eigenvalue weighted by Crippen LogP contribution is -2.13. The summed E-state index contributed by atoms with van der Waals surface area (Å²) in [6, 6.07) is 3.90. The number of thiophene rings is 1. The molecular formula is C18H15ClN2O2S2. The predicted molar refractivity (Wildman–Crippen MR) is 101 cm³/mol. The van der Waals surface area contributed by atoms with E-state index >= 15 is 0 Å². The monoisotopic (exact) mass is 390 g/mol. The number of benzene rings is 1. The standard InChI is InChI=1S/C18H15ClN2O2S2/c19-12-4-10-6-22-9-23-16(10)11(5-12)7-24-17-15-13-2-1-3-14(13)25-18(15)21-8-20-17/h4-5,8H,1-3,6-7,9H2. The number of ether oxygens (including phenoxy) is 2. The van der Waals surface area contributed by atoms with E-state index in [-0.39, 0.29) is 0 Å². The molecule has 2 aliphatic rings. The summed E-state index contributed by atoms with van der Waals surface area (Å²) in [6.45, 7) is 0.839. The molecule has 0 fully saturated rings. The molecule has 0 spiro atoms. The maximum Gasteiger partial charge on any atom is 0.189 e. The number of hydrogen-bond acceptors (Lipinski definition) is 6. The first kappa shape index (κ1) is 15.9. The van der Waals surface area contributed by atoms with Crippen LogP contribution in [-0.4, -0.2) is 16.8 Å². The van der Waals surface area contributed by atoms with Crippen molar-refractivity contribution in [2.75, 3.05) is 6.79 Å². The lowest BCUT2D eigenvalue weighted by atomic mass is 10.1. The van der Waals surface area contributed by atoms with Crippen LogP contribution < -0.4 is 4.74 Å². The molecule has 0 atom stereocenters. The highest BCUT2D eigenvalue weighted by molar-refractivity contribution is 7.98. The SMILES string of the molecule is Clc1cc2c(c(CSc3ncnc4sc5c(c34)CCC5)c1)OCOC2. The molecule has 2 aromatic heterocycles. The summed E-state index contributed by atoms with van der Waals surface area (Å²) in [7, 11) is 0. The van der Waals surface area contributed by atoms with E-state index in [1.807, 2.05) is 23.5 Å². The summed E-state index contributed by atoms with van der Waals surface area (Å²) in [5.41, 5.74) is 3.56. The highest BCUT2D eigenvalue weighted by Gasteiger charge is 2.22. The maximum absolute atomic E-state index is 6.27. The van der Waals surface area contributed by atoms with Gasteiger partial charge in [-0.15, -0.1) is 23.1 Å². The van der Waals surface area contributed by atoms with Crippen LogP contribution in [0.2, 0.25) is 5.02 Å². The number of rotatable bonds is 3. The van der Waals surface area contributed by atoms with Gasteiger partial charge in [0.15, 0.2) is 6.79 Å². The van der Waals surface area contributed by atoms with Gasteiger partial charge in [-0.2, -0.15) is 0 Å². The third-order valence-corrected chi connectivity index (χ3v) is 7.04. The van der Waals surface area contributed by atoms with Crippen LogP contribution >= 0.6 is 34.7 Å². The van der Waals surface area contributed by atoms with Crippen molar-refractivity contribution in [1.29, 1.82) is 0 Å². The first-order valence-electron chi connectivity index (χ1n) is 8.19. The van der Waals surface area contributed by atoms with Crippen LogP contribution in [0.5, 0.6) is 5.75 Å². The Bertz CT molecular complexity index is 973. The molecular weight excluding hydrogens is 376 g/mol. The number of halogens is 1. The largest absolute Gasteiger partial charge is 0.467 e. The first-order valence-corrected chi connectivity index (χ1v) is 10.4. The van der Waals surface area contributed by atoms with E-state index in [4.69, 9.17) is 21.1 Å². The Hall–Kier alpha value is -1.34. The lowest BCUT2D eigenvalue weighted by molar-refractivity contribution is -0.0168. The van der Waals surface area contributed by atoms with Gasteiger partial charge in [-0.05, 0) is 37.0 Å². The third-order valence-electron chi connectivity index (χ3n) is 4.58. The molecule has 1 aliphatic heterocycles. The molecule has 0 bridgehead atoms. The summed E-state index contributed by atoms with van der Waals surface area (Å²) >= 11 is 9.83. The zero-order valence-electron chi connectivity index (χ0n) is 13.4. The number of aromatic nitrogens is 2. The molecule has 0 saturated heterocycles. The average Bonchev–Trinajstić information content (AvgIpc) is 3.20. The van der Waals surface area contributed by atoms with Crippen molar-refractivity contribution < 1.29 is 9.47 Å². The molecule has 1 aromatic carbocycles. The Balaban J connectivity index is 1.50. The van der Waals surface area contributed by atoms with Crippen LogP contribution in [0.1, 0.15) is 28.0 Å². The molecule has 3 aromatic rings. The highest BCUT2D eigenvalue weighted by atomic mass is 35.5. The Morgan fingerprint density at radius 3 is 3.16 bits per heavy atom. The minimum absolute atomic E-state index is 0.294. The van der Waals surface area contributed by atoms with Crippen molar-refractivity contribution in [3.63, 3.8) is 0 Å². The molecule has 7 heteroatoms. The van der Waals surface area contributed by atoms with E-state index in [2.05, 4.69) is 9.97 Å². The van der Waals surface area contributed by atoms with Gasteiger partial charge in [0.25, 0.3) is 0 Å². The second-order valence-electron chi connectivity index (χ2n) is 6.17. The second-order valence-corrected chi connectivity index (χ2v) is 8.65. The summed E-state index contributed by atoms with van der Waals surface area (Å²) in [4.78, 5) is 11.6. The third kappa shape index (κ3) is 2.81. The minimum atomic E-state index is 0.294. The molecule has 128 valence electrons. The van der Waals surface area contributed by atoms with Crippen LogP contribution in [0.3, 0.4) is 0 Å². The van der Waals surface area contributed by atoms with Gasteiger partial charge in [0.2, 0.25) is 0 Å². The van der Waals surface area contributed by atoms with Crippen LogP contribution in [0.25, 0.3) is 10.2 Å². The number of thioether (sulfide) groups is 1. The van der Waals surface area contributed by atoms with Crippen molar-refractivity contribution in [3.05, 3.63) is 45.1 Å². The van der Waals surface area contributed by atoms with E-state index in [9.17, 15) is 0 Å². The van der Waals surface area contributed by atoms with Crippen LogP contribution in [0, 0.1) is 0 Å². The minimum Gasteiger partial charge on any atom is -0.467 e. The summed E-state index contributed by atoms with van der Waals surface area (Å²) in [5, 5.41) is 3.03. The van der Waals surface area contributed by atoms with Gasteiger partial charge in [0, 0.05) is 32.2 Å². The zero-order valence-corrected chi connectivity index (χ0v) is 15.8. The molecule has 25 heavy (non-hydrogen) atoms. The quantitative estimate of drug-likeness (QED) is 0.465. The number of nitrogens with zero attached hydrogens (tertiary/aromatic N) is 2. The molecule has 0 amide bonds. The first-order chi connectivity index (χ1) is 12.3. The van der Waals surface area contributed by atoms with Gasteiger partial charge in [0.1, 0.15) is 21.9 Å². The van der Waals surface area contributed by atoms with E-state index in [0.717, 1.165) is 38.9 Å². The van der Waals surface area contributed by atoms with Gasteiger partial charge >= 0.3 is 0 Å². The van der Waals surface area contributed by atoms with Crippen molar-refractivity contribution in [2.24, 2.45) is 0 Å². The molecule has 1 aliphatic carbocycles. The van der Waals surface area contributed by atoms with E-state index in [1.165, 1.54) is 28.7 Å². The Labute approximate surface area is 158 Å². The fourth-order valence-electron chi connectivity index (χ4n) is 3.52. The second kappa shape index (κ2) is 6.43. The van der Waals surface area contributed by atoms with Crippen molar-refractivity contribution in [2.45, 2.75) is 36.6 Å². The molecule has 0 N–H and O–H groups in total. The van der Waals surface area contributed by atoms with E-state index in [1.54, 1.807) is 18.1 Å². The number of hydrogen-bond donors (Lipinski definition) is 0. The predicted octanol–water partition coefficient (Wildman–Crippen LogP) is 4.99. The molecule has 0 radical (unpaired) electrons. The van der Waals surface area contributed by atoms with Crippen molar-refractivity contribution in [1.82, 2.24) is 9.97 Å². The van der Waals surface area contributed by atoms with Crippen LogP contribution in [-0.2, 0) is 29.9 Å². The molecule has 0 unspecified atom stereocenters. The van der Waals surface area contributed by atoms with Crippen LogP contribution in [0.15, 0.2) is 23.5 Å². The smallest absolute Gasteiger partial charge is 0.189 e. The Kier molecular flexibility index (Phi) is 4.08. The molecule has 3 heterocycles.